The van der Waals surface area contributed by atoms with Gasteiger partial charge in [0.1, 0.15) is 0 Å². The maximum Gasteiger partial charge on any atom is 0.303 e. The van der Waals surface area contributed by atoms with Crippen molar-refractivity contribution in [2.75, 3.05) is 0 Å². The van der Waals surface area contributed by atoms with E-state index in [-0.39, 0.29) is 35.3 Å². The van der Waals surface area contributed by atoms with Gasteiger partial charge in [0.2, 0.25) is 0 Å². The van der Waals surface area contributed by atoms with Gasteiger partial charge in [-0.15, -0.1) is 0 Å². The van der Waals surface area contributed by atoms with Crippen LogP contribution in [0.2, 0.25) is 0 Å². The van der Waals surface area contributed by atoms with Gasteiger partial charge in [0, 0.05) is 23.7 Å². The topological polar surface area (TPSA) is 59.3 Å². The smallest absolute Gasteiger partial charge is 0.303 e. The Morgan fingerprint density at radius 2 is 1.87 bits per heavy atom. The Bertz CT molecular complexity index is 856. The van der Waals surface area contributed by atoms with Crippen LogP contribution in [-0.2, 0) is 11.2 Å². The zero-order valence-corrected chi connectivity index (χ0v) is 12.9. The van der Waals surface area contributed by atoms with Crippen LogP contribution in [0.25, 0.3) is 10.9 Å². The number of aliphatic carboxylic acids is 1. The van der Waals surface area contributed by atoms with Crippen molar-refractivity contribution < 1.29 is 23.1 Å². The van der Waals surface area contributed by atoms with Crippen molar-refractivity contribution in [3.05, 3.63) is 45.0 Å². The lowest BCUT2D eigenvalue weighted by Crippen LogP contribution is -2.22. The minimum Gasteiger partial charge on any atom is -0.481 e. The van der Waals surface area contributed by atoms with E-state index in [1.54, 1.807) is 20.8 Å². The van der Waals surface area contributed by atoms with E-state index in [1.165, 1.54) is 4.57 Å². The fourth-order valence-electron chi connectivity index (χ4n) is 2.81. The lowest BCUT2D eigenvalue weighted by Gasteiger charge is -2.22. The number of halogens is 3. The van der Waals surface area contributed by atoms with Gasteiger partial charge in [-0.3, -0.25) is 9.59 Å². The third-order valence-electron chi connectivity index (χ3n) is 3.80. The quantitative estimate of drug-likeness (QED) is 0.876. The van der Waals surface area contributed by atoms with Gasteiger partial charge in [-0.25, -0.2) is 13.2 Å². The van der Waals surface area contributed by atoms with Crippen LogP contribution in [0.1, 0.15) is 37.6 Å². The van der Waals surface area contributed by atoms with Crippen LogP contribution in [0.15, 0.2) is 10.9 Å². The highest BCUT2D eigenvalue weighted by atomic mass is 19.2. The summed E-state index contributed by atoms with van der Waals surface area (Å²) < 4.78 is 42.7. The summed E-state index contributed by atoms with van der Waals surface area (Å²) in [7, 11) is 0. The normalized spacial score (nSPS) is 11.4. The van der Waals surface area contributed by atoms with Crippen LogP contribution in [0.3, 0.4) is 0 Å². The van der Waals surface area contributed by atoms with E-state index in [0.29, 0.717) is 11.8 Å². The van der Waals surface area contributed by atoms with Gasteiger partial charge in [-0.1, -0.05) is 0 Å². The van der Waals surface area contributed by atoms with E-state index >= 15 is 0 Å². The molecular weight excluding hydrogens is 311 g/mol. The highest BCUT2D eigenvalue weighted by Crippen LogP contribution is 2.26. The van der Waals surface area contributed by atoms with Crippen LogP contribution < -0.4 is 5.43 Å². The van der Waals surface area contributed by atoms with Crippen LogP contribution >= 0.6 is 0 Å². The lowest BCUT2D eigenvalue weighted by molar-refractivity contribution is -0.136. The molecule has 0 radical (unpaired) electrons. The predicted molar refractivity (Wildman–Crippen MR) is 79.2 cm³/mol. The second-order valence-corrected chi connectivity index (χ2v) is 5.63. The third kappa shape index (κ3) is 2.83. The maximum atomic E-state index is 14.2. The second-order valence-electron chi connectivity index (χ2n) is 5.63. The Morgan fingerprint density at radius 3 is 2.39 bits per heavy atom. The Kier molecular flexibility index (Phi) is 4.49. The zero-order chi connectivity index (χ0) is 17.5. The first-order valence-corrected chi connectivity index (χ1v) is 7.09. The number of rotatable bonds is 4. The molecule has 0 spiro atoms. The molecule has 2 rings (SSSR count). The molecule has 0 aliphatic heterocycles. The molecular formula is C16H16F3NO3. The largest absolute Gasteiger partial charge is 0.481 e. The second kappa shape index (κ2) is 6.06. The van der Waals surface area contributed by atoms with Crippen molar-refractivity contribution in [3.63, 3.8) is 0 Å². The monoisotopic (exact) mass is 327 g/mol. The lowest BCUT2D eigenvalue weighted by atomic mass is 10.0. The van der Waals surface area contributed by atoms with E-state index in [4.69, 9.17) is 5.11 Å². The molecule has 1 aromatic heterocycles. The standard InChI is InChI=1S/C16H16F3NO3/c1-7(2)20-8(3)9(4-5-12(21)22)16(23)10-6-11(17)13(18)14(19)15(10)20/h6-7H,4-5H2,1-3H3,(H,21,22). The Morgan fingerprint density at radius 1 is 1.26 bits per heavy atom. The number of hydrogen-bond acceptors (Lipinski definition) is 2. The number of carboxylic acids is 1. The number of aromatic nitrogens is 1. The molecule has 0 bridgehead atoms. The van der Waals surface area contributed by atoms with Crippen molar-refractivity contribution in [1.29, 1.82) is 0 Å². The molecule has 0 fully saturated rings. The number of carbonyl (C=O) groups is 1. The van der Waals surface area contributed by atoms with Gasteiger partial charge >= 0.3 is 5.97 Å². The summed E-state index contributed by atoms with van der Waals surface area (Å²) in [6.07, 6.45) is -0.352. The van der Waals surface area contributed by atoms with Crippen molar-refractivity contribution in [3.8, 4) is 0 Å². The maximum absolute atomic E-state index is 14.2. The molecule has 0 saturated carbocycles. The fourth-order valence-corrected chi connectivity index (χ4v) is 2.81. The molecule has 0 saturated heterocycles. The van der Waals surface area contributed by atoms with Crippen molar-refractivity contribution in [2.45, 2.75) is 39.7 Å². The van der Waals surface area contributed by atoms with E-state index in [2.05, 4.69) is 0 Å². The molecule has 7 heteroatoms. The van der Waals surface area contributed by atoms with Gasteiger partial charge in [-0.05, 0) is 33.3 Å². The molecule has 0 aliphatic rings. The van der Waals surface area contributed by atoms with Crippen LogP contribution in [0, 0.1) is 24.4 Å². The molecule has 0 aliphatic carbocycles. The molecule has 0 amide bonds. The first-order chi connectivity index (χ1) is 10.7. The SMILES string of the molecule is Cc1c(CCC(=O)O)c(=O)c2cc(F)c(F)c(F)c2n1C(C)C. The van der Waals surface area contributed by atoms with Crippen LogP contribution in [-0.4, -0.2) is 15.6 Å². The summed E-state index contributed by atoms with van der Waals surface area (Å²) in [5, 5.41) is 8.50. The number of nitrogens with zero attached hydrogens (tertiary/aromatic N) is 1. The van der Waals surface area contributed by atoms with Crippen molar-refractivity contribution in [2.24, 2.45) is 0 Å². The molecule has 4 nitrogen and oxygen atoms in total. The molecule has 1 aromatic carbocycles. The van der Waals surface area contributed by atoms with Gasteiger partial charge in [-0.2, -0.15) is 0 Å². The Hall–Kier alpha value is -2.31. The summed E-state index contributed by atoms with van der Waals surface area (Å²) in [4.78, 5) is 23.2. The van der Waals surface area contributed by atoms with Gasteiger partial charge < -0.3 is 9.67 Å². The van der Waals surface area contributed by atoms with E-state index in [1.807, 2.05) is 0 Å². The number of carboxylic acid groups (broad SMARTS) is 1. The first-order valence-electron chi connectivity index (χ1n) is 7.09. The van der Waals surface area contributed by atoms with Gasteiger partial charge in [0.05, 0.1) is 10.9 Å². The summed E-state index contributed by atoms with van der Waals surface area (Å²) >= 11 is 0. The Labute approximate surface area is 130 Å². The molecule has 124 valence electrons. The fraction of sp³-hybridized carbons (Fsp3) is 0.375. The van der Waals surface area contributed by atoms with Gasteiger partial charge in [0.15, 0.2) is 22.9 Å². The highest BCUT2D eigenvalue weighted by Gasteiger charge is 2.23. The molecule has 2 aromatic rings. The highest BCUT2D eigenvalue weighted by molar-refractivity contribution is 5.81. The first kappa shape index (κ1) is 17.1. The summed E-state index contributed by atoms with van der Waals surface area (Å²) in [6, 6.07) is 0.333. The number of pyridine rings is 1. The summed E-state index contributed by atoms with van der Waals surface area (Å²) in [5.74, 6) is -5.59. The minimum atomic E-state index is -1.64. The average molecular weight is 327 g/mol. The van der Waals surface area contributed by atoms with Crippen molar-refractivity contribution >= 4 is 16.9 Å². The number of fused-ring (bicyclic) bond motifs is 1. The van der Waals surface area contributed by atoms with Gasteiger partial charge in [0.25, 0.3) is 0 Å². The van der Waals surface area contributed by atoms with E-state index in [0.717, 1.165) is 0 Å². The Balaban J connectivity index is 2.94. The third-order valence-corrected chi connectivity index (χ3v) is 3.80. The van der Waals surface area contributed by atoms with E-state index in [9.17, 15) is 22.8 Å². The van der Waals surface area contributed by atoms with Crippen LogP contribution in [0.5, 0.6) is 0 Å². The minimum absolute atomic E-state index is 0.0662. The van der Waals surface area contributed by atoms with Crippen LogP contribution in [0.4, 0.5) is 13.2 Å². The molecule has 1 heterocycles. The summed E-state index contributed by atoms with van der Waals surface area (Å²) in [6.45, 7) is 4.95. The molecule has 0 atom stereocenters. The predicted octanol–water partition coefficient (Wildman–Crippen LogP) is 3.33. The van der Waals surface area contributed by atoms with E-state index < -0.39 is 28.8 Å². The average Bonchev–Trinajstić information content (AvgIpc) is 2.45. The molecule has 1 N–H and O–H groups in total. The number of benzene rings is 1. The number of hydrogen-bond donors (Lipinski definition) is 1. The molecule has 23 heavy (non-hydrogen) atoms. The summed E-state index contributed by atoms with van der Waals surface area (Å²) in [5.41, 5.74) is -0.461. The zero-order valence-electron chi connectivity index (χ0n) is 12.9. The molecule has 0 unspecified atom stereocenters. The van der Waals surface area contributed by atoms with Crippen molar-refractivity contribution in [1.82, 2.24) is 4.57 Å².